The lowest BCUT2D eigenvalue weighted by Gasteiger charge is -2.10. The van der Waals surface area contributed by atoms with Crippen LogP contribution < -0.4 is 14.8 Å². The number of aromatic nitrogens is 2. The van der Waals surface area contributed by atoms with E-state index in [4.69, 9.17) is 26.3 Å². The van der Waals surface area contributed by atoms with Gasteiger partial charge in [0.15, 0.2) is 5.75 Å². The van der Waals surface area contributed by atoms with Crippen molar-refractivity contribution in [2.45, 2.75) is 20.0 Å². The molecular weight excluding hydrogens is 364 g/mol. The number of rotatable bonds is 7. The van der Waals surface area contributed by atoms with Crippen LogP contribution in [0.5, 0.6) is 17.2 Å². The van der Waals surface area contributed by atoms with Gasteiger partial charge in [0, 0.05) is 23.7 Å². The van der Waals surface area contributed by atoms with E-state index in [0.717, 1.165) is 22.7 Å². The number of benzene rings is 2. The van der Waals surface area contributed by atoms with Gasteiger partial charge in [0.2, 0.25) is 0 Å². The fraction of sp³-hybridized carbons (Fsp3) is 0.200. The van der Waals surface area contributed by atoms with E-state index < -0.39 is 0 Å². The van der Waals surface area contributed by atoms with Crippen molar-refractivity contribution in [1.29, 1.82) is 5.26 Å². The number of H-pyrrole nitrogens is 1. The van der Waals surface area contributed by atoms with Crippen molar-refractivity contribution < 1.29 is 9.47 Å². The van der Waals surface area contributed by atoms with Gasteiger partial charge in [-0.2, -0.15) is 10.4 Å². The minimum absolute atomic E-state index is 0.439. The summed E-state index contributed by atoms with van der Waals surface area (Å²) in [6, 6.07) is 14.8. The molecule has 1 heterocycles. The highest BCUT2D eigenvalue weighted by Crippen LogP contribution is 2.30. The van der Waals surface area contributed by atoms with E-state index >= 15 is 0 Å². The Morgan fingerprint density at radius 1 is 1.22 bits per heavy atom. The SMILES string of the molecule is COc1ccccc1CNCc1n[nH]c(C)c1Oc1cc(Cl)cc(C#N)c1. The van der Waals surface area contributed by atoms with Crippen molar-refractivity contribution >= 4 is 11.6 Å². The van der Waals surface area contributed by atoms with Gasteiger partial charge in [-0.3, -0.25) is 5.10 Å². The zero-order chi connectivity index (χ0) is 19.2. The number of nitriles is 1. The second-order valence-corrected chi connectivity index (χ2v) is 6.37. The molecule has 0 spiro atoms. The normalized spacial score (nSPS) is 10.4. The lowest BCUT2D eigenvalue weighted by atomic mass is 10.2. The zero-order valence-corrected chi connectivity index (χ0v) is 15.8. The molecule has 3 aromatic rings. The summed E-state index contributed by atoms with van der Waals surface area (Å²) in [7, 11) is 1.66. The molecule has 138 valence electrons. The van der Waals surface area contributed by atoms with Gasteiger partial charge in [-0.15, -0.1) is 0 Å². The second kappa shape index (κ2) is 8.58. The van der Waals surface area contributed by atoms with Crippen molar-refractivity contribution in [3.8, 4) is 23.3 Å². The third-order valence-corrected chi connectivity index (χ3v) is 4.20. The van der Waals surface area contributed by atoms with Crippen LogP contribution in [0, 0.1) is 18.3 Å². The summed E-state index contributed by atoms with van der Waals surface area (Å²) in [5.41, 5.74) is 3.03. The first-order valence-corrected chi connectivity index (χ1v) is 8.73. The van der Waals surface area contributed by atoms with E-state index in [0.29, 0.717) is 35.2 Å². The van der Waals surface area contributed by atoms with Crippen LogP contribution in [-0.2, 0) is 13.1 Å². The molecule has 0 radical (unpaired) electrons. The van der Waals surface area contributed by atoms with Crippen LogP contribution in [0.15, 0.2) is 42.5 Å². The lowest BCUT2D eigenvalue weighted by molar-refractivity contribution is 0.407. The standard InChI is InChI=1S/C20H19ClN4O2/c1-13-20(27-17-8-14(10-22)7-16(21)9-17)18(25-24-13)12-23-11-15-5-3-4-6-19(15)26-2/h3-9,23H,11-12H2,1-2H3,(H,24,25). The molecule has 0 saturated heterocycles. The Bertz CT molecular complexity index is 978. The number of halogens is 1. The Labute approximate surface area is 162 Å². The Morgan fingerprint density at radius 3 is 2.81 bits per heavy atom. The highest BCUT2D eigenvalue weighted by atomic mass is 35.5. The molecule has 0 saturated carbocycles. The number of aromatic amines is 1. The van der Waals surface area contributed by atoms with E-state index in [-0.39, 0.29) is 0 Å². The maximum Gasteiger partial charge on any atom is 0.172 e. The lowest BCUT2D eigenvalue weighted by Crippen LogP contribution is -2.14. The van der Waals surface area contributed by atoms with Gasteiger partial charge in [0.1, 0.15) is 17.2 Å². The van der Waals surface area contributed by atoms with Gasteiger partial charge in [0.05, 0.1) is 24.4 Å². The third kappa shape index (κ3) is 4.59. The summed E-state index contributed by atoms with van der Waals surface area (Å²) < 4.78 is 11.3. The van der Waals surface area contributed by atoms with Crippen molar-refractivity contribution in [2.75, 3.05) is 7.11 Å². The summed E-state index contributed by atoms with van der Waals surface area (Å²) in [5, 5.41) is 20.1. The minimum Gasteiger partial charge on any atom is -0.496 e. The topological polar surface area (TPSA) is 83.0 Å². The Kier molecular flexibility index (Phi) is 5.97. The van der Waals surface area contributed by atoms with Crippen LogP contribution in [0.1, 0.15) is 22.5 Å². The van der Waals surface area contributed by atoms with Gasteiger partial charge in [-0.05, 0) is 31.2 Å². The van der Waals surface area contributed by atoms with Crippen LogP contribution in [0.3, 0.4) is 0 Å². The van der Waals surface area contributed by atoms with Gasteiger partial charge in [-0.25, -0.2) is 0 Å². The molecular formula is C20H19ClN4O2. The number of hydrogen-bond donors (Lipinski definition) is 2. The predicted molar refractivity (Wildman–Crippen MR) is 103 cm³/mol. The van der Waals surface area contributed by atoms with Crippen molar-refractivity contribution in [1.82, 2.24) is 15.5 Å². The fourth-order valence-electron chi connectivity index (χ4n) is 2.69. The summed E-state index contributed by atoms with van der Waals surface area (Å²) >= 11 is 6.05. The number of nitrogens with one attached hydrogen (secondary N) is 2. The average molecular weight is 383 g/mol. The number of hydrogen-bond acceptors (Lipinski definition) is 5. The van der Waals surface area contributed by atoms with Crippen LogP contribution >= 0.6 is 11.6 Å². The summed E-state index contributed by atoms with van der Waals surface area (Å²) in [4.78, 5) is 0. The van der Waals surface area contributed by atoms with Crippen molar-refractivity contribution in [3.63, 3.8) is 0 Å². The molecule has 0 bridgehead atoms. The maximum atomic E-state index is 9.09. The third-order valence-electron chi connectivity index (χ3n) is 3.98. The predicted octanol–water partition coefficient (Wildman–Crippen LogP) is 4.33. The van der Waals surface area contributed by atoms with Crippen LogP contribution in [0.2, 0.25) is 5.02 Å². The van der Waals surface area contributed by atoms with Crippen molar-refractivity contribution in [2.24, 2.45) is 0 Å². The van der Waals surface area contributed by atoms with E-state index in [9.17, 15) is 0 Å². The van der Waals surface area contributed by atoms with E-state index in [1.54, 1.807) is 25.3 Å². The Balaban J connectivity index is 1.72. The maximum absolute atomic E-state index is 9.09. The quantitative estimate of drug-likeness (QED) is 0.635. The largest absolute Gasteiger partial charge is 0.496 e. The minimum atomic E-state index is 0.439. The molecule has 1 aromatic heterocycles. The smallest absolute Gasteiger partial charge is 0.172 e. The van der Waals surface area contributed by atoms with Gasteiger partial charge < -0.3 is 14.8 Å². The summed E-state index contributed by atoms with van der Waals surface area (Å²) in [6.45, 7) is 3.01. The monoisotopic (exact) mass is 382 g/mol. The molecule has 0 unspecified atom stereocenters. The molecule has 7 heteroatoms. The average Bonchev–Trinajstić information content (AvgIpc) is 3.01. The van der Waals surface area contributed by atoms with Gasteiger partial charge in [-0.1, -0.05) is 29.8 Å². The van der Waals surface area contributed by atoms with Gasteiger partial charge >= 0.3 is 0 Å². The fourth-order valence-corrected chi connectivity index (χ4v) is 2.92. The molecule has 2 N–H and O–H groups in total. The number of aryl methyl sites for hydroxylation is 1. The molecule has 0 fully saturated rings. The molecule has 0 aliphatic heterocycles. The van der Waals surface area contributed by atoms with Crippen LogP contribution in [-0.4, -0.2) is 17.3 Å². The van der Waals surface area contributed by atoms with Crippen LogP contribution in [0.4, 0.5) is 0 Å². The van der Waals surface area contributed by atoms with Crippen LogP contribution in [0.25, 0.3) is 0 Å². The van der Waals surface area contributed by atoms with Gasteiger partial charge in [0.25, 0.3) is 0 Å². The first-order chi connectivity index (χ1) is 13.1. The zero-order valence-electron chi connectivity index (χ0n) is 15.0. The molecule has 6 nitrogen and oxygen atoms in total. The first kappa shape index (κ1) is 18.8. The number of nitrogens with zero attached hydrogens (tertiary/aromatic N) is 2. The van der Waals surface area contributed by atoms with Crippen molar-refractivity contribution in [3.05, 3.63) is 70.0 Å². The Morgan fingerprint density at radius 2 is 2.04 bits per heavy atom. The Hall–Kier alpha value is -3.01. The molecule has 0 aliphatic carbocycles. The van der Waals surface area contributed by atoms with E-state index in [2.05, 4.69) is 21.6 Å². The number of ether oxygens (including phenoxy) is 2. The summed E-state index contributed by atoms with van der Waals surface area (Å²) in [5.74, 6) is 1.95. The molecule has 2 aromatic carbocycles. The molecule has 0 atom stereocenters. The number of para-hydroxylation sites is 1. The highest BCUT2D eigenvalue weighted by Gasteiger charge is 2.14. The van der Waals surface area contributed by atoms with E-state index in [1.165, 1.54) is 0 Å². The molecule has 0 aliphatic rings. The molecule has 0 amide bonds. The number of methoxy groups -OCH3 is 1. The molecule has 3 rings (SSSR count). The second-order valence-electron chi connectivity index (χ2n) is 5.93. The molecule has 27 heavy (non-hydrogen) atoms. The van der Waals surface area contributed by atoms with E-state index in [1.807, 2.05) is 31.2 Å². The first-order valence-electron chi connectivity index (χ1n) is 8.35. The summed E-state index contributed by atoms with van der Waals surface area (Å²) in [6.07, 6.45) is 0. The highest BCUT2D eigenvalue weighted by molar-refractivity contribution is 6.30.